The van der Waals surface area contributed by atoms with Gasteiger partial charge in [-0.05, 0) is 70.0 Å². The Morgan fingerprint density at radius 2 is 1.74 bits per heavy atom. The number of amides is 1. The largest absolute Gasteiger partial charge is 0.492 e. The van der Waals surface area contributed by atoms with Gasteiger partial charge in [-0.15, -0.1) is 0 Å². The quantitative estimate of drug-likeness (QED) is 0.654. The molecule has 1 saturated heterocycles. The summed E-state index contributed by atoms with van der Waals surface area (Å²) in [5.74, 6) is 0.733. The van der Waals surface area contributed by atoms with E-state index in [-0.39, 0.29) is 5.91 Å². The molecular formula is C22H36N2O3. The average Bonchev–Trinajstić information content (AvgIpc) is 2.96. The van der Waals surface area contributed by atoms with Crippen molar-refractivity contribution in [1.29, 1.82) is 0 Å². The number of rotatable bonds is 10. The van der Waals surface area contributed by atoms with Gasteiger partial charge >= 0.3 is 0 Å². The monoisotopic (exact) mass is 376 g/mol. The maximum atomic E-state index is 12.6. The number of ether oxygens (including phenoxy) is 2. The zero-order valence-electron chi connectivity index (χ0n) is 17.3. The number of benzene rings is 1. The zero-order chi connectivity index (χ0) is 19.5. The highest BCUT2D eigenvalue weighted by Gasteiger charge is 2.32. The smallest absolute Gasteiger partial charge is 0.256 e. The molecule has 1 heterocycles. The van der Waals surface area contributed by atoms with E-state index in [1.165, 1.54) is 38.8 Å². The maximum Gasteiger partial charge on any atom is 0.256 e. The second kappa shape index (κ2) is 11.3. The molecule has 27 heavy (non-hydrogen) atoms. The molecule has 0 aromatic heterocycles. The van der Waals surface area contributed by atoms with E-state index >= 15 is 0 Å². The Morgan fingerprint density at radius 3 is 2.33 bits per heavy atom. The fraction of sp³-hybridized carbons (Fsp3) is 0.682. The maximum absolute atomic E-state index is 12.6. The number of anilines is 1. The van der Waals surface area contributed by atoms with Crippen molar-refractivity contribution < 1.29 is 14.3 Å². The van der Waals surface area contributed by atoms with Gasteiger partial charge in [-0.25, -0.2) is 0 Å². The average molecular weight is 377 g/mol. The summed E-state index contributed by atoms with van der Waals surface area (Å²) in [5.41, 5.74) is -0.0298. The summed E-state index contributed by atoms with van der Waals surface area (Å²) in [4.78, 5) is 15.0. The lowest BCUT2D eigenvalue weighted by atomic mass is 10.0. The van der Waals surface area contributed by atoms with Crippen molar-refractivity contribution in [1.82, 2.24) is 4.90 Å². The third kappa shape index (κ3) is 7.15. The first-order valence-electron chi connectivity index (χ1n) is 10.5. The molecule has 1 N–H and O–H groups in total. The lowest BCUT2D eigenvalue weighted by Crippen LogP contribution is -2.42. The molecule has 1 fully saturated rings. The van der Waals surface area contributed by atoms with Crippen LogP contribution in [0.15, 0.2) is 24.3 Å². The standard InChI is InChI=1S/C22H36N2O3/c1-4-17-27-22(3,5-2)21(25)23-19-10-12-20(13-11-19)26-18-16-24-14-8-6-7-9-15-24/h10-13H,4-9,14-18H2,1-3H3,(H,23,25)/t22-/m0/s1. The molecule has 1 atom stereocenters. The molecule has 1 aromatic carbocycles. The number of carbonyl (C=O) groups excluding carboxylic acids is 1. The van der Waals surface area contributed by atoms with Crippen molar-refractivity contribution in [3.63, 3.8) is 0 Å². The number of likely N-dealkylation sites (tertiary alicyclic amines) is 1. The molecule has 0 radical (unpaired) electrons. The Bertz CT molecular complexity index is 553. The van der Waals surface area contributed by atoms with Crippen LogP contribution in [-0.2, 0) is 9.53 Å². The minimum Gasteiger partial charge on any atom is -0.492 e. The van der Waals surface area contributed by atoms with Gasteiger partial charge in [0.1, 0.15) is 18.0 Å². The van der Waals surface area contributed by atoms with Crippen molar-refractivity contribution in [3.8, 4) is 5.75 Å². The van der Waals surface area contributed by atoms with Crippen LogP contribution in [0.1, 0.15) is 59.3 Å². The second-order valence-corrected chi connectivity index (χ2v) is 7.52. The summed E-state index contributed by atoms with van der Waals surface area (Å²) < 4.78 is 11.6. The third-order valence-corrected chi connectivity index (χ3v) is 5.27. The van der Waals surface area contributed by atoms with Gasteiger partial charge in [0.25, 0.3) is 5.91 Å². The van der Waals surface area contributed by atoms with Gasteiger partial charge in [0, 0.05) is 18.8 Å². The fourth-order valence-electron chi connectivity index (χ4n) is 3.21. The van der Waals surface area contributed by atoms with Crippen LogP contribution in [0.5, 0.6) is 5.75 Å². The number of hydrogen-bond acceptors (Lipinski definition) is 4. The van der Waals surface area contributed by atoms with Gasteiger partial charge in [0.05, 0.1) is 0 Å². The fourth-order valence-corrected chi connectivity index (χ4v) is 3.21. The molecule has 5 nitrogen and oxygen atoms in total. The highest BCUT2D eigenvalue weighted by molar-refractivity contribution is 5.97. The SMILES string of the molecule is CCCO[C@@](C)(CC)C(=O)Nc1ccc(OCCN2CCCCCC2)cc1. The van der Waals surface area contributed by atoms with Crippen LogP contribution >= 0.6 is 0 Å². The molecule has 0 unspecified atom stereocenters. The summed E-state index contributed by atoms with van der Waals surface area (Å²) in [5, 5.41) is 2.96. The minimum absolute atomic E-state index is 0.103. The van der Waals surface area contributed by atoms with Crippen molar-refractivity contribution in [2.24, 2.45) is 0 Å². The molecule has 152 valence electrons. The van der Waals surface area contributed by atoms with Crippen LogP contribution in [0.2, 0.25) is 0 Å². The predicted octanol–water partition coefficient (Wildman–Crippen LogP) is 4.48. The lowest BCUT2D eigenvalue weighted by Gasteiger charge is -2.27. The Morgan fingerprint density at radius 1 is 1.07 bits per heavy atom. The number of carbonyl (C=O) groups is 1. The Kier molecular flexibility index (Phi) is 9.08. The first kappa shape index (κ1) is 21.7. The van der Waals surface area contributed by atoms with E-state index in [9.17, 15) is 4.79 Å². The minimum atomic E-state index is -0.793. The first-order valence-corrected chi connectivity index (χ1v) is 10.5. The Balaban J connectivity index is 1.79. The molecule has 1 aliphatic rings. The van der Waals surface area contributed by atoms with Gasteiger partial charge in [-0.2, -0.15) is 0 Å². The van der Waals surface area contributed by atoms with E-state index < -0.39 is 5.60 Å². The molecule has 0 spiro atoms. The summed E-state index contributed by atoms with van der Waals surface area (Å²) in [6.45, 7) is 10.5. The lowest BCUT2D eigenvalue weighted by molar-refractivity contribution is -0.139. The van der Waals surface area contributed by atoms with Crippen LogP contribution in [0.3, 0.4) is 0 Å². The number of hydrogen-bond donors (Lipinski definition) is 1. The molecule has 2 rings (SSSR count). The van der Waals surface area contributed by atoms with Crippen LogP contribution in [0, 0.1) is 0 Å². The molecular weight excluding hydrogens is 340 g/mol. The summed E-state index contributed by atoms with van der Waals surface area (Å²) in [6, 6.07) is 7.59. The zero-order valence-corrected chi connectivity index (χ0v) is 17.3. The van der Waals surface area contributed by atoms with E-state index in [2.05, 4.69) is 10.2 Å². The molecule has 1 aromatic rings. The van der Waals surface area contributed by atoms with Crippen LogP contribution in [0.25, 0.3) is 0 Å². The molecule has 0 saturated carbocycles. The van der Waals surface area contributed by atoms with Crippen molar-refractivity contribution in [2.45, 2.75) is 64.9 Å². The normalized spacial score (nSPS) is 17.7. The van der Waals surface area contributed by atoms with E-state index in [1.807, 2.05) is 45.0 Å². The third-order valence-electron chi connectivity index (χ3n) is 5.27. The molecule has 1 amide bonds. The van der Waals surface area contributed by atoms with Crippen molar-refractivity contribution in [2.75, 3.05) is 38.2 Å². The Labute approximate surface area is 164 Å². The second-order valence-electron chi connectivity index (χ2n) is 7.52. The van der Waals surface area contributed by atoms with E-state index in [4.69, 9.17) is 9.47 Å². The molecule has 5 heteroatoms. The van der Waals surface area contributed by atoms with Gasteiger partial charge in [-0.3, -0.25) is 9.69 Å². The van der Waals surface area contributed by atoms with E-state index in [1.54, 1.807) is 0 Å². The molecule has 1 aliphatic heterocycles. The van der Waals surface area contributed by atoms with Gasteiger partial charge in [-0.1, -0.05) is 26.7 Å². The van der Waals surface area contributed by atoms with Crippen molar-refractivity contribution >= 4 is 11.6 Å². The van der Waals surface area contributed by atoms with E-state index in [0.29, 0.717) is 19.6 Å². The Hall–Kier alpha value is -1.59. The van der Waals surface area contributed by atoms with E-state index in [0.717, 1.165) is 24.4 Å². The molecule has 0 bridgehead atoms. The van der Waals surface area contributed by atoms with Crippen LogP contribution in [-0.4, -0.2) is 49.3 Å². The number of nitrogens with one attached hydrogen (secondary N) is 1. The number of nitrogens with zero attached hydrogens (tertiary/aromatic N) is 1. The first-order chi connectivity index (χ1) is 13.1. The predicted molar refractivity (Wildman–Crippen MR) is 110 cm³/mol. The van der Waals surface area contributed by atoms with Gasteiger partial charge in [0.15, 0.2) is 0 Å². The van der Waals surface area contributed by atoms with Crippen LogP contribution in [0.4, 0.5) is 5.69 Å². The highest BCUT2D eigenvalue weighted by Crippen LogP contribution is 2.21. The highest BCUT2D eigenvalue weighted by atomic mass is 16.5. The van der Waals surface area contributed by atoms with Gasteiger partial charge < -0.3 is 14.8 Å². The topological polar surface area (TPSA) is 50.8 Å². The van der Waals surface area contributed by atoms with Crippen molar-refractivity contribution in [3.05, 3.63) is 24.3 Å². The summed E-state index contributed by atoms with van der Waals surface area (Å²) in [7, 11) is 0. The summed E-state index contributed by atoms with van der Waals surface area (Å²) in [6.07, 6.45) is 6.83. The summed E-state index contributed by atoms with van der Waals surface area (Å²) >= 11 is 0. The molecule has 0 aliphatic carbocycles. The van der Waals surface area contributed by atoms with Crippen LogP contribution < -0.4 is 10.1 Å². The van der Waals surface area contributed by atoms with Gasteiger partial charge in [0.2, 0.25) is 0 Å².